The highest BCUT2D eigenvalue weighted by molar-refractivity contribution is 6.31. The van der Waals surface area contributed by atoms with E-state index in [4.69, 9.17) is 17.3 Å². The summed E-state index contributed by atoms with van der Waals surface area (Å²) in [5.74, 6) is 0. The number of nitrogens with two attached hydrogens (primary N) is 1. The molecule has 0 spiro atoms. The van der Waals surface area contributed by atoms with Crippen LogP contribution in [0, 0.1) is 6.92 Å². The first kappa shape index (κ1) is 13.3. The molecule has 1 aromatic rings. The molecule has 0 aromatic heterocycles. The molecule has 0 heterocycles. The van der Waals surface area contributed by atoms with Gasteiger partial charge in [-0.25, -0.2) is 0 Å². The maximum atomic E-state index is 12.0. The van der Waals surface area contributed by atoms with Crippen LogP contribution in [-0.4, -0.2) is 6.18 Å². The lowest BCUT2D eigenvalue weighted by molar-refractivity contribution is -0.136. The maximum absolute atomic E-state index is 12.0. The summed E-state index contributed by atoms with van der Waals surface area (Å²) < 4.78 is 36.0. The van der Waals surface area contributed by atoms with E-state index < -0.39 is 18.6 Å². The van der Waals surface area contributed by atoms with Crippen LogP contribution in [0.2, 0.25) is 5.02 Å². The van der Waals surface area contributed by atoms with E-state index in [0.717, 1.165) is 5.56 Å². The first-order chi connectivity index (χ1) is 7.29. The zero-order valence-corrected chi connectivity index (χ0v) is 9.57. The molecule has 1 rings (SSSR count). The van der Waals surface area contributed by atoms with Crippen LogP contribution in [0.4, 0.5) is 13.2 Å². The van der Waals surface area contributed by atoms with Crippen molar-refractivity contribution in [1.82, 2.24) is 0 Å². The molecule has 0 radical (unpaired) electrons. The third kappa shape index (κ3) is 4.02. The average molecular weight is 252 g/mol. The van der Waals surface area contributed by atoms with Gasteiger partial charge in [-0.15, -0.1) is 0 Å². The van der Waals surface area contributed by atoms with Crippen molar-refractivity contribution >= 4 is 11.6 Å². The van der Waals surface area contributed by atoms with Gasteiger partial charge in [0.1, 0.15) is 0 Å². The number of hydrogen-bond acceptors (Lipinski definition) is 1. The van der Waals surface area contributed by atoms with E-state index in [-0.39, 0.29) is 6.42 Å². The topological polar surface area (TPSA) is 26.0 Å². The molecule has 1 nitrogen and oxygen atoms in total. The van der Waals surface area contributed by atoms with Crippen LogP contribution < -0.4 is 5.73 Å². The summed E-state index contributed by atoms with van der Waals surface area (Å²) in [6.07, 6.45) is -5.16. The fourth-order valence-electron chi connectivity index (χ4n) is 1.33. The van der Waals surface area contributed by atoms with Gasteiger partial charge >= 0.3 is 6.18 Å². The Balaban J connectivity index is 2.66. The summed E-state index contributed by atoms with van der Waals surface area (Å²) in [4.78, 5) is 0. The minimum atomic E-state index is -4.16. The lowest BCUT2D eigenvalue weighted by Gasteiger charge is -2.14. The number of benzene rings is 1. The van der Waals surface area contributed by atoms with Gasteiger partial charge < -0.3 is 5.73 Å². The Morgan fingerprint density at radius 2 is 2.00 bits per heavy atom. The highest BCUT2D eigenvalue weighted by Crippen LogP contribution is 2.28. The van der Waals surface area contributed by atoms with E-state index in [0.29, 0.717) is 10.6 Å². The van der Waals surface area contributed by atoms with Gasteiger partial charge in [-0.2, -0.15) is 13.2 Å². The highest BCUT2D eigenvalue weighted by Gasteiger charge is 2.27. The average Bonchev–Trinajstić information content (AvgIpc) is 2.17. The number of halogens is 4. The molecule has 1 atom stereocenters. The molecular weight excluding hydrogens is 239 g/mol. The smallest absolute Gasteiger partial charge is 0.324 e. The second-order valence-electron chi connectivity index (χ2n) is 3.77. The van der Waals surface area contributed by atoms with Crippen molar-refractivity contribution in [3.8, 4) is 0 Å². The SMILES string of the molecule is Cc1ccc([C@H](N)CCC(F)(F)F)cc1Cl. The lowest BCUT2D eigenvalue weighted by Crippen LogP contribution is -2.15. The van der Waals surface area contributed by atoms with Crippen LogP contribution in [0.1, 0.15) is 30.0 Å². The number of hydrogen-bond donors (Lipinski definition) is 1. The summed E-state index contributed by atoms with van der Waals surface area (Å²) in [5, 5.41) is 0.528. The molecule has 0 amide bonds. The molecule has 16 heavy (non-hydrogen) atoms. The first-order valence-electron chi connectivity index (χ1n) is 4.88. The minimum absolute atomic E-state index is 0.122. The second-order valence-corrected chi connectivity index (χ2v) is 4.18. The van der Waals surface area contributed by atoms with E-state index in [9.17, 15) is 13.2 Å². The van der Waals surface area contributed by atoms with Gasteiger partial charge in [0.25, 0.3) is 0 Å². The van der Waals surface area contributed by atoms with E-state index in [1.165, 1.54) is 0 Å². The Bertz CT molecular complexity index is 363. The molecule has 1 aromatic carbocycles. The summed E-state index contributed by atoms with van der Waals surface area (Å²) in [6, 6.07) is 4.46. The summed E-state index contributed by atoms with van der Waals surface area (Å²) in [7, 11) is 0. The zero-order chi connectivity index (χ0) is 12.3. The molecule has 0 unspecified atom stereocenters. The summed E-state index contributed by atoms with van der Waals surface area (Å²) >= 11 is 5.87. The van der Waals surface area contributed by atoms with Crippen molar-refractivity contribution in [1.29, 1.82) is 0 Å². The molecule has 0 aliphatic heterocycles. The van der Waals surface area contributed by atoms with E-state index in [1.54, 1.807) is 18.2 Å². The predicted octanol–water partition coefficient (Wildman–Crippen LogP) is 3.99. The third-order valence-corrected chi connectivity index (χ3v) is 2.77. The van der Waals surface area contributed by atoms with Gasteiger partial charge in [-0.1, -0.05) is 23.7 Å². The van der Waals surface area contributed by atoms with Crippen molar-refractivity contribution in [3.05, 3.63) is 34.3 Å². The van der Waals surface area contributed by atoms with Crippen LogP contribution in [-0.2, 0) is 0 Å². The predicted molar refractivity (Wildman–Crippen MR) is 58.4 cm³/mol. The maximum Gasteiger partial charge on any atom is 0.389 e. The molecule has 2 N–H and O–H groups in total. The van der Waals surface area contributed by atoms with Gasteiger partial charge in [0.15, 0.2) is 0 Å². The summed E-state index contributed by atoms with van der Waals surface area (Å²) in [5.41, 5.74) is 7.18. The van der Waals surface area contributed by atoms with Gasteiger partial charge in [-0.3, -0.25) is 0 Å². The van der Waals surface area contributed by atoms with Crippen LogP contribution in [0.15, 0.2) is 18.2 Å². The second kappa shape index (κ2) is 5.06. The quantitative estimate of drug-likeness (QED) is 0.864. The van der Waals surface area contributed by atoms with Crippen LogP contribution in [0.5, 0.6) is 0 Å². The lowest BCUT2D eigenvalue weighted by atomic mass is 10.0. The number of alkyl halides is 3. The van der Waals surface area contributed by atoms with Gasteiger partial charge in [0.2, 0.25) is 0 Å². The van der Waals surface area contributed by atoms with Crippen LogP contribution in [0.3, 0.4) is 0 Å². The van der Waals surface area contributed by atoms with Crippen LogP contribution in [0.25, 0.3) is 0 Å². The molecule has 0 saturated heterocycles. The molecule has 0 bridgehead atoms. The molecule has 5 heteroatoms. The molecule has 0 aliphatic rings. The van der Waals surface area contributed by atoms with E-state index in [1.807, 2.05) is 6.92 Å². The largest absolute Gasteiger partial charge is 0.389 e. The number of aryl methyl sites for hydroxylation is 1. The van der Waals surface area contributed by atoms with Gasteiger partial charge in [-0.05, 0) is 30.5 Å². The van der Waals surface area contributed by atoms with Crippen molar-refractivity contribution in [2.24, 2.45) is 5.73 Å². The fraction of sp³-hybridized carbons (Fsp3) is 0.455. The number of rotatable bonds is 3. The van der Waals surface area contributed by atoms with Gasteiger partial charge in [0.05, 0.1) is 0 Å². The van der Waals surface area contributed by atoms with Crippen molar-refractivity contribution in [2.75, 3.05) is 0 Å². The third-order valence-electron chi connectivity index (χ3n) is 2.36. The highest BCUT2D eigenvalue weighted by atomic mass is 35.5. The standard InChI is InChI=1S/C11H13ClF3N/c1-7-2-3-8(6-9(7)12)10(16)4-5-11(13,14)15/h2-3,6,10H,4-5,16H2,1H3/t10-/m1/s1. The molecule has 0 fully saturated rings. The molecular formula is C11H13ClF3N. The van der Waals surface area contributed by atoms with Crippen molar-refractivity contribution in [2.45, 2.75) is 32.0 Å². The van der Waals surface area contributed by atoms with Crippen molar-refractivity contribution in [3.63, 3.8) is 0 Å². The minimum Gasteiger partial charge on any atom is -0.324 e. The summed E-state index contributed by atoms with van der Waals surface area (Å²) in [6.45, 7) is 1.83. The van der Waals surface area contributed by atoms with Crippen LogP contribution >= 0.6 is 11.6 Å². The molecule has 0 saturated carbocycles. The zero-order valence-electron chi connectivity index (χ0n) is 8.81. The van der Waals surface area contributed by atoms with E-state index >= 15 is 0 Å². The Morgan fingerprint density at radius 3 is 2.50 bits per heavy atom. The van der Waals surface area contributed by atoms with Gasteiger partial charge in [0, 0.05) is 17.5 Å². The Kier molecular flexibility index (Phi) is 4.21. The monoisotopic (exact) mass is 251 g/mol. The normalized spacial score (nSPS) is 13.9. The first-order valence-corrected chi connectivity index (χ1v) is 5.26. The Hall–Kier alpha value is -0.740. The molecule has 90 valence electrons. The Morgan fingerprint density at radius 1 is 1.38 bits per heavy atom. The molecule has 0 aliphatic carbocycles. The van der Waals surface area contributed by atoms with E-state index in [2.05, 4.69) is 0 Å². The fourth-order valence-corrected chi connectivity index (χ4v) is 1.51. The Labute approximate surface area is 97.4 Å². The van der Waals surface area contributed by atoms with Crippen molar-refractivity contribution < 1.29 is 13.2 Å².